The highest BCUT2D eigenvalue weighted by Gasteiger charge is 2.17. The smallest absolute Gasteiger partial charge is 0.196 e. The first-order valence-electron chi connectivity index (χ1n) is 8.53. The van der Waals surface area contributed by atoms with Crippen LogP contribution in [-0.4, -0.2) is 26.9 Å². The van der Waals surface area contributed by atoms with Crippen LogP contribution in [0.15, 0.2) is 59.1 Å². The molecule has 0 atom stereocenters. The van der Waals surface area contributed by atoms with E-state index in [0.29, 0.717) is 5.02 Å². The van der Waals surface area contributed by atoms with Gasteiger partial charge >= 0.3 is 0 Å². The fourth-order valence-electron chi connectivity index (χ4n) is 2.73. The van der Waals surface area contributed by atoms with Crippen molar-refractivity contribution in [2.45, 2.75) is 17.8 Å². The van der Waals surface area contributed by atoms with Crippen molar-refractivity contribution in [1.29, 1.82) is 0 Å². The van der Waals surface area contributed by atoms with E-state index in [9.17, 15) is 0 Å². The average Bonchev–Trinajstić information content (AvgIpc) is 3.33. The Bertz CT molecular complexity index is 1070. The van der Waals surface area contributed by atoms with Gasteiger partial charge in [-0.05, 0) is 55.5 Å². The molecule has 142 valence electrons. The standard InChI is InChI=1S/C20H17ClN4OS2/c1-13-22-16(11-27-13)12-28-20-24-23-19(14-3-5-15(21)6-4-14)25(20)17-7-9-18(26-2)10-8-17/h3-11H,12H2,1-2H3. The minimum atomic E-state index is 0.688. The second-order valence-electron chi connectivity index (χ2n) is 5.99. The van der Waals surface area contributed by atoms with Crippen molar-refractivity contribution in [3.8, 4) is 22.8 Å². The summed E-state index contributed by atoms with van der Waals surface area (Å²) in [7, 11) is 1.66. The topological polar surface area (TPSA) is 52.8 Å². The number of methoxy groups -OCH3 is 1. The summed E-state index contributed by atoms with van der Waals surface area (Å²) in [4.78, 5) is 4.53. The van der Waals surface area contributed by atoms with Crippen molar-refractivity contribution in [2.24, 2.45) is 0 Å². The van der Waals surface area contributed by atoms with E-state index in [1.54, 1.807) is 30.2 Å². The maximum Gasteiger partial charge on any atom is 0.196 e. The predicted octanol–water partition coefficient (Wildman–Crippen LogP) is 5.65. The van der Waals surface area contributed by atoms with Crippen LogP contribution in [0.5, 0.6) is 5.75 Å². The Morgan fingerprint density at radius 1 is 1.07 bits per heavy atom. The number of hydrogen-bond donors (Lipinski definition) is 0. The summed E-state index contributed by atoms with van der Waals surface area (Å²) in [5.74, 6) is 2.30. The molecule has 0 saturated carbocycles. The van der Waals surface area contributed by atoms with Gasteiger partial charge < -0.3 is 4.74 Å². The molecule has 8 heteroatoms. The Balaban J connectivity index is 1.73. The fraction of sp³-hybridized carbons (Fsp3) is 0.150. The maximum atomic E-state index is 6.05. The summed E-state index contributed by atoms with van der Waals surface area (Å²) in [5.41, 5.74) is 2.96. The second kappa shape index (κ2) is 8.34. The molecule has 0 aliphatic rings. The molecule has 0 spiro atoms. The molecule has 0 aliphatic carbocycles. The molecule has 2 aromatic heterocycles. The molecule has 0 radical (unpaired) electrons. The van der Waals surface area contributed by atoms with Gasteiger partial charge in [0, 0.05) is 27.4 Å². The number of aryl methyl sites for hydroxylation is 1. The number of rotatable bonds is 6. The van der Waals surface area contributed by atoms with E-state index in [1.807, 2.05) is 60.0 Å². The van der Waals surface area contributed by atoms with Crippen molar-refractivity contribution < 1.29 is 4.74 Å². The lowest BCUT2D eigenvalue weighted by molar-refractivity contribution is 0.414. The summed E-state index contributed by atoms with van der Waals surface area (Å²) in [5, 5.41) is 13.5. The molecule has 0 saturated heterocycles. The third kappa shape index (κ3) is 4.06. The van der Waals surface area contributed by atoms with Crippen LogP contribution in [0.1, 0.15) is 10.7 Å². The highest BCUT2D eigenvalue weighted by molar-refractivity contribution is 7.98. The van der Waals surface area contributed by atoms with Crippen molar-refractivity contribution in [2.75, 3.05) is 7.11 Å². The first-order chi connectivity index (χ1) is 13.6. The van der Waals surface area contributed by atoms with Gasteiger partial charge in [0.25, 0.3) is 0 Å². The molecule has 0 fully saturated rings. The fourth-order valence-corrected chi connectivity index (χ4v) is 4.41. The van der Waals surface area contributed by atoms with Crippen molar-refractivity contribution in [3.63, 3.8) is 0 Å². The Hall–Kier alpha value is -2.35. The van der Waals surface area contributed by atoms with E-state index in [2.05, 4.69) is 20.6 Å². The zero-order chi connectivity index (χ0) is 19.5. The van der Waals surface area contributed by atoms with Gasteiger partial charge in [0.2, 0.25) is 0 Å². The molecule has 5 nitrogen and oxygen atoms in total. The van der Waals surface area contributed by atoms with E-state index < -0.39 is 0 Å². The number of aromatic nitrogens is 4. The maximum absolute atomic E-state index is 6.05. The van der Waals surface area contributed by atoms with Crippen LogP contribution in [0.4, 0.5) is 0 Å². The predicted molar refractivity (Wildman–Crippen MR) is 115 cm³/mol. The van der Waals surface area contributed by atoms with E-state index in [4.69, 9.17) is 16.3 Å². The highest BCUT2D eigenvalue weighted by Crippen LogP contribution is 2.31. The van der Waals surface area contributed by atoms with Crippen LogP contribution >= 0.6 is 34.7 Å². The van der Waals surface area contributed by atoms with Gasteiger partial charge in [-0.1, -0.05) is 23.4 Å². The number of halogens is 1. The SMILES string of the molecule is COc1ccc(-n2c(SCc3csc(C)n3)nnc2-c2ccc(Cl)cc2)cc1. The molecule has 0 bridgehead atoms. The van der Waals surface area contributed by atoms with Gasteiger partial charge in [0.05, 0.1) is 17.8 Å². The minimum Gasteiger partial charge on any atom is -0.497 e. The third-order valence-electron chi connectivity index (χ3n) is 4.08. The summed E-state index contributed by atoms with van der Waals surface area (Å²) >= 11 is 9.31. The van der Waals surface area contributed by atoms with E-state index in [1.165, 1.54) is 0 Å². The average molecular weight is 429 g/mol. The Labute approximate surface area is 176 Å². The molecule has 2 heterocycles. The van der Waals surface area contributed by atoms with Crippen molar-refractivity contribution in [1.82, 2.24) is 19.7 Å². The van der Waals surface area contributed by atoms with Crippen molar-refractivity contribution >= 4 is 34.7 Å². The number of thiazole rings is 1. The van der Waals surface area contributed by atoms with Gasteiger partial charge in [-0.2, -0.15) is 0 Å². The first-order valence-corrected chi connectivity index (χ1v) is 10.8. The highest BCUT2D eigenvalue weighted by atomic mass is 35.5. The molecular formula is C20H17ClN4OS2. The number of nitrogens with zero attached hydrogens (tertiary/aromatic N) is 4. The number of benzene rings is 2. The van der Waals surface area contributed by atoms with Crippen LogP contribution < -0.4 is 4.74 Å². The lowest BCUT2D eigenvalue weighted by atomic mass is 10.2. The largest absolute Gasteiger partial charge is 0.497 e. The molecule has 0 amide bonds. The molecule has 4 aromatic rings. The zero-order valence-corrected chi connectivity index (χ0v) is 17.7. The monoisotopic (exact) mass is 428 g/mol. The van der Waals surface area contributed by atoms with E-state index in [-0.39, 0.29) is 0 Å². The Kier molecular flexibility index (Phi) is 5.66. The molecular weight excluding hydrogens is 412 g/mol. The Morgan fingerprint density at radius 2 is 1.82 bits per heavy atom. The van der Waals surface area contributed by atoms with Gasteiger partial charge in [-0.25, -0.2) is 4.98 Å². The van der Waals surface area contributed by atoms with Crippen molar-refractivity contribution in [3.05, 3.63) is 69.6 Å². The number of ether oxygens (including phenoxy) is 1. The van der Waals surface area contributed by atoms with Crippen LogP contribution in [0.25, 0.3) is 17.1 Å². The van der Waals surface area contributed by atoms with Gasteiger partial charge in [-0.15, -0.1) is 21.5 Å². The molecule has 0 unspecified atom stereocenters. The second-order valence-corrected chi connectivity index (χ2v) is 8.43. The van der Waals surface area contributed by atoms with Crippen LogP contribution in [0, 0.1) is 6.92 Å². The van der Waals surface area contributed by atoms with Gasteiger partial charge in [0.1, 0.15) is 5.75 Å². The summed E-state index contributed by atoms with van der Waals surface area (Å²) in [6, 6.07) is 15.5. The number of hydrogen-bond acceptors (Lipinski definition) is 6. The lowest BCUT2D eigenvalue weighted by Crippen LogP contribution is -2.00. The van der Waals surface area contributed by atoms with Gasteiger partial charge in [0.15, 0.2) is 11.0 Å². The quantitative estimate of drug-likeness (QED) is 0.371. The third-order valence-corrected chi connectivity index (χ3v) is 6.12. The normalized spacial score (nSPS) is 11.0. The molecule has 2 aromatic carbocycles. The summed E-state index contributed by atoms with van der Waals surface area (Å²) in [6.45, 7) is 2.01. The van der Waals surface area contributed by atoms with E-state index in [0.717, 1.165) is 44.4 Å². The zero-order valence-electron chi connectivity index (χ0n) is 15.3. The Morgan fingerprint density at radius 3 is 2.46 bits per heavy atom. The van der Waals surface area contributed by atoms with Crippen LogP contribution in [-0.2, 0) is 5.75 Å². The van der Waals surface area contributed by atoms with Gasteiger partial charge in [-0.3, -0.25) is 4.57 Å². The minimum absolute atomic E-state index is 0.688. The van der Waals surface area contributed by atoms with Crippen LogP contribution in [0.3, 0.4) is 0 Å². The molecule has 28 heavy (non-hydrogen) atoms. The summed E-state index contributed by atoms with van der Waals surface area (Å²) in [6.07, 6.45) is 0. The molecule has 4 rings (SSSR count). The lowest BCUT2D eigenvalue weighted by Gasteiger charge is -2.11. The van der Waals surface area contributed by atoms with Crippen LogP contribution in [0.2, 0.25) is 5.02 Å². The first kappa shape index (κ1) is 19.0. The van der Waals surface area contributed by atoms with E-state index >= 15 is 0 Å². The molecule has 0 N–H and O–H groups in total. The summed E-state index contributed by atoms with van der Waals surface area (Å²) < 4.78 is 7.33. The number of thioether (sulfide) groups is 1. The molecule has 0 aliphatic heterocycles.